The molecular weight excluding hydrogens is 559 g/mol. The molecule has 1 aliphatic carbocycles. The molecule has 5 atom stereocenters. The van der Waals surface area contributed by atoms with Crippen molar-refractivity contribution in [1.29, 1.82) is 0 Å². The van der Waals surface area contributed by atoms with Crippen molar-refractivity contribution in [3.8, 4) is 0 Å². The van der Waals surface area contributed by atoms with Crippen LogP contribution in [0.25, 0.3) is 11.0 Å². The fourth-order valence-electron chi connectivity index (χ4n) is 9.03. The zero-order chi connectivity index (χ0) is 29.5. The summed E-state index contributed by atoms with van der Waals surface area (Å²) in [5.41, 5.74) is 3.37. The number of imidazole rings is 1. The number of carboxylic acids is 1. The first kappa shape index (κ1) is 29.3. The molecule has 1 saturated carbocycles. The maximum absolute atomic E-state index is 14.5. The van der Waals surface area contributed by atoms with Gasteiger partial charge in [-0.15, -0.1) is 0 Å². The van der Waals surface area contributed by atoms with Crippen LogP contribution in [0.2, 0.25) is 0 Å². The monoisotopic (exact) mass is 604 g/mol. The Kier molecular flexibility index (Phi) is 8.53. The second-order valence-electron chi connectivity index (χ2n) is 13.5. The molecule has 0 amide bonds. The predicted octanol–water partition coefficient (Wildman–Crippen LogP) is 6.61. The third-order valence-corrected chi connectivity index (χ3v) is 12.2. The Hall–Kier alpha value is -2.42. The van der Waals surface area contributed by atoms with Gasteiger partial charge in [0.15, 0.2) is 0 Å². The van der Waals surface area contributed by atoms with E-state index in [1.54, 1.807) is 6.07 Å². The normalized spacial score (nSPS) is 29.7. The van der Waals surface area contributed by atoms with Gasteiger partial charge in [0.1, 0.15) is 17.7 Å². The Labute approximate surface area is 259 Å². The molecule has 3 unspecified atom stereocenters. The van der Waals surface area contributed by atoms with Crippen molar-refractivity contribution in [3.05, 3.63) is 65.7 Å². The minimum atomic E-state index is -0.682. The third kappa shape index (κ3) is 5.75. The summed E-state index contributed by atoms with van der Waals surface area (Å²) in [5.74, 6) is 3.18. The maximum atomic E-state index is 14.5. The summed E-state index contributed by atoms with van der Waals surface area (Å²) >= 11 is 2.08. The van der Waals surface area contributed by atoms with E-state index >= 15 is 0 Å². The number of rotatable bonds is 8. The van der Waals surface area contributed by atoms with Gasteiger partial charge in [-0.3, -0.25) is 14.6 Å². The Balaban J connectivity index is 1.15. The van der Waals surface area contributed by atoms with Gasteiger partial charge in [0.25, 0.3) is 0 Å². The highest BCUT2D eigenvalue weighted by Crippen LogP contribution is 2.44. The molecule has 2 bridgehead atoms. The first-order valence-corrected chi connectivity index (χ1v) is 17.7. The fourth-order valence-corrected chi connectivity index (χ4v) is 10.4. The molecule has 1 N–H and O–H groups in total. The lowest BCUT2D eigenvalue weighted by Gasteiger charge is -2.50. The number of benzene rings is 2. The largest absolute Gasteiger partial charge is 0.480 e. The van der Waals surface area contributed by atoms with Gasteiger partial charge >= 0.3 is 5.97 Å². The number of aromatic nitrogens is 2. The molecule has 8 heteroatoms. The SMILES string of the molecule is CCc1nc2ccccc2n1C1CC2CSCC(C1)N2C[C@H]1CN(C(C(=O)O)C2CCCCC2)C[C@@H]1c1cccc(F)c1. The number of para-hydroxylation sites is 2. The van der Waals surface area contributed by atoms with Crippen LogP contribution in [-0.4, -0.2) is 79.7 Å². The van der Waals surface area contributed by atoms with E-state index in [0.29, 0.717) is 24.7 Å². The van der Waals surface area contributed by atoms with E-state index in [1.807, 2.05) is 6.07 Å². The van der Waals surface area contributed by atoms with Gasteiger partial charge < -0.3 is 9.67 Å². The van der Waals surface area contributed by atoms with Crippen LogP contribution in [0.15, 0.2) is 48.5 Å². The number of carboxylic acid groups (broad SMARTS) is 1. The van der Waals surface area contributed by atoms with E-state index < -0.39 is 12.0 Å². The van der Waals surface area contributed by atoms with Gasteiger partial charge in [0.2, 0.25) is 0 Å². The van der Waals surface area contributed by atoms with E-state index in [2.05, 4.69) is 63.4 Å². The number of likely N-dealkylation sites (tertiary alicyclic amines) is 1. The maximum Gasteiger partial charge on any atom is 0.321 e. The lowest BCUT2D eigenvalue weighted by Crippen LogP contribution is -2.56. The minimum absolute atomic E-state index is 0.136. The summed E-state index contributed by atoms with van der Waals surface area (Å²) in [6, 6.07) is 16.6. The standard InChI is InChI=1S/C35H45FN4O2S/c1-2-33-37-31-13-6-7-14-32(31)40(33)27-16-28-21-43-22-29(17-27)39(28)19-25-18-38(20-30(25)24-11-8-12-26(36)15-24)34(35(41)42)23-9-4-3-5-10-23/h6-8,11-15,23,25,27-30,34H,2-5,9-10,16-22H2,1H3,(H,41,42)/t25-,27?,28?,29?,30-,34?/m1/s1. The molecular formula is C35H45FN4O2S. The summed E-state index contributed by atoms with van der Waals surface area (Å²) < 4.78 is 17.0. The first-order chi connectivity index (χ1) is 21.0. The van der Waals surface area contributed by atoms with Gasteiger partial charge in [0.05, 0.1) is 11.0 Å². The van der Waals surface area contributed by atoms with Crippen LogP contribution in [0.4, 0.5) is 4.39 Å². The van der Waals surface area contributed by atoms with Crippen molar-refractivity contribution < 1.29 is 14.3 Å². The Morgan fingerprint density at radius 2 is 1.79 bits per heavy atom. The number of hydrogen-bond acceptors (Lipinski definition) is 5. The summed E-state index contributed by atoms with van der Waals surface area (Å²) in [6.45, 7) is 4.62. The number of hydrogen-bond donors (Lipinski definition) is 1. The van der Waals surface area contributed by atoms with Crippen LogP contribution in [0.5, 0.6) is 0 Å². The molecule has 4 fully saturated rings. The molecule has 1 aromatic heterocycles. The number of carbonyl (C=O) groups is 1. The van der Waals surface area contributed by atoms with E-state index in [0.717, 1.165) is 80.6 Å². The second-order valence-corrected chi connectivity index (χ2v) is 14.5. The van der Waals surface area contributed by atoms with E-state index in [4.69, 9.17) is 4.98 Å². The number of thioether (sulfide) groups is 1. The van der Waals surface area contributed by atoms with Crippen LogP contribution in [0.1, 0.15) is 75.2 Å². The van der Waals surface area contributed by atoms with Crippen LogP contribution in [-0.2, 0) is 11.2 Å². The van der Waals surface area contributed by atoms with Gasteiger partial charge in [-0.2, -0.15) is 11.8 Å². The molecule has 43 heavy (non-hydrogen) atoms. The average molecular weight is 605 g/mol. The van der Waals surface area contributed by atoms with Crippen molar-refractivity contribution in [1.82, 2.24) is 19.4 Å². The summed E-state index contributed by atoms with van der Waals surface area (Å²) in [4.78, 5) is 22.7. The molecule has 0 spiro atoms. The van der Waals surface area contributed by atoms with Gasteiger partial charge in [-0.25, -0.2) is 9.37 Å². The highest BCUT2D eigenvalue weighted by molar-refractivity contribution is 7.99. The topological polar surface area (TPSA) is 61.6 Å². The zero-order valence-corrected chi connectivity index (χ0v) is 26.1. The van der Waals surface area contributed by atoms with E-state index in [-0.39, 0.29) is 23.6 Å². The second kappa shape index (κ2) is 12.5. The highest BCUT2D eigenvalue weighted by atomic mass is 32.2. The third-order valence-electron chi connectivity index (χ3n) is 10.9. The molecule has 6 nitrogen and oxygen atoms in total. The van der Waals surface area contributed by atoms with Gasteiger partial charge in [-0.1, -0.05) is 50.5 Å². The molecule has 3 saturated heterocycles. The number of nitrogens with zero attached hydrogens (tertiary/aromatic N) is 4. The van der Waals surface area contributed by atoms with Crippen molar-refractivity contribution in [2.45, 2.75) is 88.4 Å². The quantitative estimate of drug-likeness (QED) is 0.312. The van der Waals surface area contributed by atoms with Crippen LogP contribution in [0.3, 0.4) is 0 Å². The molecule has 3 aromatic rings. The molecule has 2 aromatic carbocycles. The Morgan fingerprint density at radius 1 is 1.02 bits per heavy atom. The minimum Gasteiger partial charge on any atom is -0.480 e. The van der Waals surface area contributed by atoms with Crippen molar-refractivity contribution >= 4 is 28.8 Å². The van der Waals surface area contributed by atoms with Crippen molar-refractivity contribution in [2.75, 3.05) is 31.1 Å². The predicted molar refractivity (Wildman–Crippen MR) is 171 cm³/mol. The van der Waals surface area contributed by atoms with E-state index in [9.17, 15) is 14.3 Å². The van der Waals surface area contributed by atoms with Crippen LogP contribution >= 0.6 is 11.8 Å². The highest BCUT2D eigenvalue weighted by Gasteiger charge is 2.46. The van der Waals surface area contributed by atoms with Crippen LogP contribution in [0, 0.1) is 17.7 Å². The number of piperidine rings is 1. The molecule has 4 aliphatic rings. The fraction of sp³-hybridized carbons (Fsp3) is 0.600. The molecule has 0 radical (unpaired) electrons. The molecule has 230 valence electrons. The zero-order valence-electron chi connectivity index (χ0n) is 25.3. The van der Waals surface area contributed by atoms with E-state index in [1.165, 1.54) is 23.8 Å². The average Bonchev–Trinajstić information content (AvgIpc) is 3.59. The summed E-state index contributed by atoms with van der Waals surface area (Å²) in [6.07, 6.45) is 8.61. The summed E-state index contributed by atoms with van der Waals surface area (Å²) in [7, 11) is 0. The number of aryl methyl sites for hydroxylation is 1. The molecule has 4 heterocycles. The Bertz CT molecular complexity index is 1430. The van der Waals surface area contributed by atoms with Crippen molar-refractivity contribution in [3.63, 3.8) is 0 Å². The number of halogens is 1. The van der Waals surface area contributed by atoms with Gasteiger partial charge in [0, 0.05) is 61.6 Å². The first-order valence-electron chi connectivity index (χ1n) is 16.5. The summed E-state index contributed by atoms with van der Waals surface area (Å²) in [5, 5.41) is 10.4. The molecule has 7 rings (SSSR count). The van der Waals surface area contributed by atoms with Crippen LogP contribution < -0.4 is 0 Å². The van der Waals surface area contributed by atoms with Gasteiger partial charge in [-0.05, 0) is 67.3 Å². The number of fused-ring (bicyclic) bond motifs is 3. The number of aliphatic carboxylic acids is 1. The lowest BCUT2D eigenvalue weighted by molar-refractivity contribution is -0.145. The Morgan fingerprint density at radius 3 is 2.51 bits per heavy atom. The smallest absolute Gasteiger partial charge is 0.321 e. The lowest BCUT2D eigenvalue weighted by atomic mass is 9.83. The molecule has 3 aliphatic heterocycles. The van der Waals surface area contributed by atoms with Crippen molar-refractivity contribution in [2.24, 2.45) is 11.8 Å².